The SMILES string of the molecule is CCC(C(=O)OCCOC)c1ccccc1. The van der Waals surface area contributed by atoms with Crippen LogP contribution in [0.3, 0.4) is 0 Å². The van der Waals surface area contributed by atoms with Gasteiger partial charge in [0.15, 0.2) is 0 Å². The Hall–Kier alpha value is -1.35. The summed E-state index contributed by atoms with van der Waals surface area (Å²) in [6.45, 7) is 2.74. The highest BCUT2D eigenvalue weighted by molar-refractivity contribution is 5.78. The summed E-state index contributed by atoms with van der Waals surface area (Å²) < 4.78 is 9.96. The quantitative estimate of drug-likeness (QED) is 0.547. The van der Waals surface area contributed by atoms with Crippen LogP contribution in [0.1, 0.15) is 24.8 Å². The average Bonchev–Trinajstić information content (AvgIpc) is 2.32. The number of esters is 1. The Morgan fingerprint density at radius 3 is 2.50 bits per heavy atom. The second kappa shape index (κ2) is 7.01. The Labute approximate surface area is 96.4 Å². The fraction of sp³-hybridized carbons (Fsp3) is 0.462. The number of rotatable bonds is 6. The molecular weight excluding hydrogens is 204 g/mol. The Bertz CT molecular complexity index is 308. The van der Waals surface area contributed by atoms with Crippen LogP contribution >= 0.6 is 0 Å². The summed E-state index contributed by atoms with van der Waals surface area (Å²) in [7, 11) is 1.59. The van der Waals surface area contributed by atoms with E-state index in [1.807, 2.05) is 37.3 Å². The van der Waals surface area contributed by atoms with E-state index in [-0.39, 0.29) is 11.9 Å². The Morgan fingerprint density at radius 2 is 1.94 bits per heavy atom. The molecule has 0 bridgehead atoms. The number of hydrogen-bond acceptors (Lipinski definition) is 3. The van der Waals surface area contributed by atoms with Gasteiger partial charge in [-0.25, -0.2) is 0 Å². The molecule has 3 nitrogen and oxygen atoms in total. The lowest BCUT2D eigenvalue weighted by atomic mass is 9.97. The molecule has 3 heteroatoms. The molecule has 0 amide bonds. The van der Waals surface area contributed by atoms with Crippen LogP contribution < -0.4 is 0 Å². The van der Waals surface area contributed by atoms with Crippen LogP contribution in [0.15, 0.2) is 30.3 Å². The van der Waals surface area contributed by atoms with Crippen molar-refractivity contribution in [2.24, 2.45) is 0 Å². The van der Waals surface area contributed by atoms with Crippen LogP contribution in [-0.2, 0) is 14.3 Å². The molecule has 0 aliphatic heterocycles. The van der Waals surface area contributed by atoms with Crippen molar-refractivity contribution in [3.05, 3.63) is 35.9 Å². The van der Waals surface area contributed by atoms with Gasteiger partial charge in [0.25, 0.3) is 0 Å². The van der Waals surface area contributed by atoms with Gasteiger partial charge in [0.1, 0.15) is 6.61 Å². The first-order valence-corrected chi connectivity index (χ1v) is 5.50. The van der Waals surface area contributed by atoms with Crippen LogP contribution in [0, 0.1) is 0 Å². The smallest absolute Gasteiger partial charge is 0.313 e. The van der Waals surface area contributed by atoms with Crippen molar-refractivity contribution in [2.75, 3.05) is 20.3 Å². The molecule has 16 heavy (non-hydrogen) atoms. The molecule has 0 heterocycles. The van der Waals surface area contributed by atoms with E-state index in [1.54, 1.807) is 7.11 Å². The van der Waals surface area contributed by atoms with Crippen molar-refractivity contribution in [1.82, 2.24) is 0 Å². The minimum Gasteiger partial charge on any atom is -0.463 e. The summed E-state index contributed by atoms with van der Waals surface area (Å²) >= 11 is 0. The first kappa shape index (κ1) is 12.7. The summed E-state index contributed by atoms with van der Waals surface area (Å²) in [6, 6.07) is 9.70. The van der Waals surface area contributed by atoms with Gasteiger partial charge in [0.05, 0.1) is 12.5 Å². The molecule has 0 N–H and O–H groups in total. The molecule has 0 aliphatic carbocycles. The number of carbonyl (C=O) groups is 1. The highest BCUT2D eigenvalue weighted by Gasteiger charge is 2.19. The molecule has 1 atom stereocenters. The highest BCUT2D eigenvalue weighted by Crippen LogP contribution is 2.20. The zero-order valence-electron chi connectivity index (χ0n) is 9.81. The van der Waals surface area contributed by atoms with Gasteiger partial charge in [0, 0.05) is 7.11 Å². The molecular formula is C13H18O3. The molecule has 1 rings (SSSR count). The van der Waals surface area contributed by atoms with Gasteiger partial charge in [-0.1, -0.05) is 37.3 Å². The van der Waals surface area contributed by atoms with E-state index in [0.717, 1.165) is 12.0 Å². The van der Waals surface area contributed by atoms with Crippen molar-refractivity contribution in [3.8, 4) is 0 Å². The first-order valence-electron chi connectivity index (χ1n) is 5.50. The van der Waals surface area contributed by atoms with Crippen LogP contribution in [0.25, 0.3) is 0 Å². The monoisotopic (exact) mass is 222 g/mol. The average molecular weight is 222 g/mol. The standard InChI is InChI=1S/C13H18O3/c1-3-12(11-7-5-4-6-8-11)13(14)16-10-9-15-2/h4-8,12H,3,9-10H2,1-2H3. The summed E-state index contributed by atoms with van der Waals surface area (Å²) in [5.41, 5.74) is 1.01. The van der Waals surface area contributed by atoms with E-state index in [9.17, 15) is 4.79 Å². The predicted molar refractivity (Wildman–Crippen MR) is 62.3 cm³/mol. The van der Waals surface area contributed by atoms with E-state index < -0.39 is 0 Å². The van der Waals surface area contributed by atoms with Gasteiger partial charge in [0.2, 0.25) is 0 Å². The van der Waals surface area contributed by atoms with Crippen LogP contribution in [0.4, 0.5) is 0 Å². The minimum atomic E-state index is -0.175. The molecule has 0 radical (unpaired) electrons. The van der Waals surface area contributed by atoms with E-state index in [0.29, 0.717) is 13.2 Å². The molecule has 0 saturated heterocycles. The molecule has 0 spiro atoms. The minimum absolute atomic E-state index is 0.168. The topological polar surface area (TPSA) is 35.5 Å². The lowest BCUT2D eigenvalue weighted by Gasteiger charge is -2.14. The maximum atomic E-state index is 11.8. The zero-order chi connectivity index (χ0) is 11.8. The van der Waals surface area contributed by atoms with Gasteiger partial charge < -0.3 is 9.47 Å². The van der Waals surface area contributed by atoms with Gasteiger partial charge in [-0.2, -0.15) is 0 Å². The van der Waals surface area contributed by atoms with Crippen molar-refractivity contribution < 1.29 is 14.3 Å². The van der Waals surface area contributed by atoms with Crippen molar-refractivity contribution in [3.63, 3.8) is 0 Å². The zero-order valence-corrected chi connectivity index (χ0v) is 9.81. The number of hydrogen-bond donors (Lipinski definition) is 0. The third-order valence-corrected chi connectivity index (χ3v) is 2.43. The lowest BCUT2D eigenvalue weighted by molar-refractivity contribution is -0.146. The van der Waals surface area contributed by atoms with Gasteiger partial charge in [-0.3, -0.25) is 4.79 Å². The fourth-order valence-electron chi connectivity index (χ4n) is 1.55. The van der Waals surface area contributed by atoms with Crippen LogP contribution in [0.2, 0.25) is 0 Å². The molecule has 0 aliphatic rings. The lowest BCUT2D eigenvalue weighted by Crippen LogP contribution is -2.17. The van der Waals surface area contributed by atoms with Crippen LogP contribution in [-0.4, -0.2) is 26.3 Å². The molecule has 0 fully saturated rings. The van der Waals surface area contributed by atoms with Crippen LogP contribution in [0.5, 0.6) is 0 Å². The van der Waals surface area contributed by atoms with E-state index in [2.05, 4.69) is 0 Å². The van der Waals surface area contributed by atoms with Gasteiger partial charge >= 0.3 is 5.97 Å². The van der Waals surface area contributed by atoms with E-state index in [4.69, 9.17) is 9.47 Å². The maximum absolute atomic E-state index is 11.8. The first-order chi connectivity index (χ1) is 7.79. The molecule has 1 aromatic carbocycles. The third kappa shape index (κ3) is 3.66. The van der Waals surface area contributed by atoms with E-state index >= 15 is 0 Å². The third-order valence-electron chi connectivity index (χ3n) is 2.43. The molecule has 1 unspecified atom stereocenters. The maximum Gasteiger partial charge on any atom is 0.313 e. The molecule has 0 saturated carbocycles. The Kier molecular flexibility index (Phi) is 5.57. The summed E-state index contributed by atoms with van der Waals surface area (Å²) in [6.07, 6.45) is 0.746. The second-order valence-corrected chi connectivity index (χ2v) is 3.53. The number of methoxy groups -OCH3 is 1. The number of benzene rings is 1. The molecule has 88 valence electrons. The Balaban J connectivity index is 2.57. The summed E-state index contributed by atoms with van der Waals surface area (Å²) in [5, 5.41) is 0. The molecule has 1 aromatic rings. The van der Waals surface area contributed by atoms with Gasteiger partial charge in [-0.05, 0) is 12.0 Å². The largest absolute Gasteiger partial charge is 0.463 e. The summed E-state index contributed by atoms with van der Waals surface area (Å²) in [5.74, 6) is -0.344. The Morgan fingerprint density at radius 1 is 1.25 bits per heavy atom. The normalized spacial score (nSPS) is 12.1. The predicted octanol–water partition coefficient (Wildman–Crippen LogP) is 2.37. The fourth-order valence-corrected chi connectivity index (χ4v) is 1.55. The number of carbonyl (C=O) groups excluding carboxylic acids is 1. The highest BCUT2D eigenvalue weighted by atomic mass is 16.6. The van der Waals surface area contributed by atoms with Gasteiger partial charge in [-0.15, -0.1) is 0 Å². The van der Waals surface area contributed by atoms with E-state index in [1.165, 1.54) is 0 Å². The van der Waals surface area contributed by atoms with Crippen molar-refractivity contribution in [1.29, 1.82) is 0 Å². The number of ether oxygens (including phenoxy) is 2. The summed E-state index contributed by atoms with van der Waals surface area (Å²) in [4.78, 5) is 11.8. The molecule has 0 aromatic heterocycles. The van der Waals surface area contributed by atoms with Crippen molar-refractivity contribution >= 4 is 5.97 Å². The van der Waals surface area contributed by atoms with Crippen molar-refractivity contribution in [2.45, 2.75) is 19.3 Å². The second-order valence-electron chi connectivity index (χ2n) is 3.53.